The molecule has 2 N–H and O–H groups in total. The number of fused-ring (bicyclic) bond motifs is 1. The van der Waals surface area contributed by atoms with Crippen molar-refractivity contribution in [2.45, 2.75) is 17.3 Å². The number of nitrogens with zero attached hydrogens (tertiary/aromatic N) is 2. The zero-order valence-electron chi connectivity index (χ0n) is 15.2. The maximum atomic E-state index is 12.7. The molecule has 6 nitrogen and oxygen atoms in total. The molecule has 0 aliphatic carbocycles. The van der Waals surface area contributed by atoms with Gasteiger partial charge in [0.1, 0.15) is 10.6 Å². The van der Waals surface area contributed by atoms with E-state index in [-0.39, 0.29) is 11.5 Å². The summed E-state index contributed by atoms with van der Waals surface area (Å²) in [6.45, 7) is 1.74. The van der Waals surface area contributed by atoms with Gasteiger partial charge < -0.3 is 10.3 Å². The van der Waals surface area contributed by atoms with Gasteiger partial charge in [-0.25, -0.2) is 9.97 Å². The lowest BCUT2D eigenvalue weighted by atomic mass is 10.1. The van der Waals surface area contributed by atoms with Crippen LogP contribution in [0.5, 0.6) is 0 Å². The summed E-state index contributed by atoms with van der Waals surface area (Å²) in [6, 6.07) is 13.0. The fourth-order valence-corrected chi connectivity index (χ4v) is 4.63. The van der Waals surface area contributed by atoms with Gasteiger partial charge in [0.25, 0.3) is 5.56 Å². The third kappa shape index (κ3) is 4.34. The Morgan fingerprint density at radius 3 is 2.76 bits per heavy atom. The molecule has 4 aromatic rings. The van der Waals surface area contributed by atoms with Crippen LogP contribution in [0.2, 0.25) is 5.02 Å². The molecule has 146 valence electrons. The molecule has 0 unspecified atom stereocenters. The summed E-state index contributed by atoms with van der Waals surface area (Å²) >= 11 is 8.39. The van der Waals surface area contributed by atoms with E-state index < -0.39 is 5.25 Å². The van der Waals surface area contributed by atoms with Crippen LogP contribution in [0, 0.1) is 0 Å². The second kappa shape index (κ2) is 8.36. The van der Waals surface area contributed by atoms with E-state index in [1.165, 1.54) is 29.3 Å². The van der Waals surface area contributed by atoms with Gasteiger partial charge in [-0.3, -0.25) is 9.59 Å². The fraction of sp³-hybridized carbons (Fsp3) is 0.100. The van der Waals surface area contributed by atoms with Gasteiger partial charge in [0.05, 0.1) is 15.7 Å². The van der Waals surface area contributed by atoms with Crippen molar-refractivity contribution in [2.75, 3.05) is 5.32 Å². The fourth-order valence-electron chi connectivity index (χ4n) is 2.71. The van der Waals surface area contributed by atoms with Crippen LogP contribution in [0.15, 0.2) is 64.0 Å². The molecule has 29 heavy (non-hydrogen) atoms. The molecule has 0 saturated heterocycles. The Balaban J connectivity index is 1.54. The van der Waals surface area contributed by atoms with Crippen molar-refractivity contribution in [2.24, 2.45) is 0 Å². The maximum absolute atomic E-state index is 12.7. The average molecular weight is 443 g/mol. The van der Waals surface area contributed by atoms with E-state index in [1.54, 1.807) is 19.1 Å². The number of carbonyl (C=O) groups excluding carboxylic acids is 1. The van der Waals surface area contributed by atoms with Crippen LogP contribution in [0.1, 0.15) is 6.92 Å². The molecule has 0 saturated carbocycles. The average Bonchev–Trinajstić information content (AvgIpc) is 3.15. The van der Waals surface area contributed by atoms with Crippen molar-refractivity contribution in [3.05, 3.63) is 69.4 Å². The van der Waals surface area contributed by atoms with Gasteiger partial charge >= 0.3 is 0 Å². The highest BCUT2D eigenvalue weighted by atomic mass is 35.5. The summed E-state index contributed by atoms with van der Waals surface area (Å²) in [4.78, 5) is 37.1. The first-order valence-corrected chi connectivity index (χ1v) is 10.8. The number of aromatic nitrogens is 3. The van der Waals surface area contributed by atoms with Crippen molar-refractivity contribution in [3.63, 3.8) is 0 Å². The number of amides is 1. The Morgan fingerprint density at radius 1 is 1.24 bits per heavy atom. The van der Waals surface area contributed by atoms with Crippen LogP contribution in [-0.2, 0) is 4.79 Å². The highest BCUT2D eigenvalue weighted by molar-refractivity contribution is 8.00. The van der Waals surface area contributed by atoms with Crippen LogP contribution in [0.4, 0.5) is 5.82 Å². The minimum atomic E-state index is -0.485. The van der Waals surface area contributed by atoms with Gasteiger partial charge in [-0.05, 0) is 24.6 Å². The SMILES string of the molecule is C[C@H](Sc1nc2scc(-c3ccccc3)c2c(=O)[nH]1)C(=O)Nc1ccc(Cl)cn1. The van der Waals surface area contributed by atoms with E-state index in [0.29, 0.717) is 26.2 Å². The smallest absolute Gasteiger partial charge is 0.260 e. The Labute approximate surface area is 179 Å². The largest absolute Gasteiger partial charge is 0.310 e. The van der Waals surface area contributed by atoms with Crippen molar-refractivity contribution in [3.8, 4) is 11.1 Å². The third-order valence-corrected chi connectivity index (χ3v) is 6.22. The summed E-state index contributed by atoms with van der Waals surface area (Å²) in [5.74, 6) is 0.165. The molecule has 0 radical (unpaired) electrons. The molecular formula is C20H15ClN4O2S2. The molecule has 9 heteroatoms. The van der Waals surface area contributed by atoms with E-state index in [1.807, 2.05) is 35.7 Å². The highest BCUT2D eigenvalue weighted by Crippen LogP contribution is 2.32. The summed E-state index contributed by atoms with van der Waals surface area (Å²) in [5.41, 5.74) is 1.61. The highest BCUT2D eigenvalue weighted by Gasteiger charge is 2.19. The molecule has 1 amide bonds. The summed E-state index contributed by atoms with van der Waals surface area (Å²) in [5, 5.41) is 5.62. The third-order valence-electron chi connectivity index (χ3n) is 4.14. The van der Waals surface area contributed by atoms with E-state index in [2.05, 4.69) is 20.3 Å². The number of H-pyrrole nitrogens is 1. The number of rotatable bonds is 5. The lowest BCUT2D eigenvalue weighted by Gasteiger charge is -2.11. The zero-order chi connectivity index (χ0) is 20.4. The van der Waals surface area contributed by atoms with Crippen LogP contribution in [0.25, 0.3) is 21.3 Å². The van der Waals surface area contributed by atoms with Crippen molar-refractivity contribution < 1.29 is 4.79 Å². The normalized spacial score (nSPS) is 12.1. The van der Waals surface area contributed by atoms with Crippen molar-refractivity contribution >= 4 is 56.6 Å². The lowest BCUT2D eigenvalue weighted by molar-refractivity contribution is -0.115. The standard InChI is InChI=1S/C20H15ClN4O2S2/c1-11(17(26)23-15-8-7-13(21)9-22-15)29-20-24-18(27)16-14(10-28-19(16)25-20)12-5-3-2-4-6-12/h2-11H,1H3,(H,22,23,26)(H,24,25,27)/t11-/m0/s1. The molecule has 1 atom stereocenters. The van der Waals surface area contributed by atoms with Crippen LogP contribution in [-0.4, -0.2) is 26.1 Å². The first-order valence-electron chi connectivity index (χ1n) is 8.67. The zero-order valence-corrected chi connectivity index (χ0v) is 17.6. The monoisotopic (exact) mass is 442 g/mol. The second-order valence-corrected chi connectivity index (χ2v) is 8.80. The predicted octanol–water partition coefficient (Wildman–Crippen LogP) is 4.82. The van der Waals surface area contributed by atoms with Gasteiger partial charge in [0, 0.05) is 17.1 Å². The van der Waals surface area contributed by atoms with E-state index in [9.17, 15) is 9.59 Å². The summed E-state index contributed by atoms with van der Waals surface area (Å²) < 4.78 is 0. The predicted molar refractivity (Wildman–Crippen MR) is 119 cm³/mol. The minimum Gasteiger partial charge on any atom is -0.310 e. The van der Waals surface area contributed by atoms with Gasteiger partial charge in [0.2, 0.25) is 5.91 Å². The number of carbonyl (C=O) groups is 1. The summed E-state index contributed by atoms with van der Waals surface area (Å²) in [7, 11) is 0. The maximum Gasteiger partial charge on any atom is 0.260 e. The van der Waals surface area contributed by atoms with Crippen molar-refractivity contribution in [1.29, 1.82) is 0 Å². The number of halogens is 1. The molecule has 1 aromatic carbocycles. The lowest BCUT2D eigenvalue weighted by Crippen LogP contribution is -2.23. The van der Waals surface area contributed by atoms with Crippen LogP contribution in [0.3, 0.4) is 0 Å². The Kier molecular flexibility index (Phi) is 5.66. The molecule has 0 bridgehead atoms. The number of aromatic amines is 1. The molecular weight excluding hydrogens is 428 g/mol. The summed E-state index contributed by atoms with van der Waals surface area (Å²) in [6.07, 6.45) is 1.46. The van der Waals surface area contributed by atoms with Crippen molar-refractivity contribution in [1.82, 2.24) is 15.0 Å². The van der Waals surface area contributed by atoms with Gasteiger partial charge in [-0.15, -0.1) is 11.3 Å². The Bertz CT molecular complexity index is 1220. The number of thioether (sulfide) groups is 1. The number of anilines is 1. The van der Waals surface area contributed by atoms with Gasteiger partial charge in [0.15, 0.2) is 5.16 Å². The molecule has 4 rings (SSSR count). The topological polar surface area (TPSA) is 87.7 Å². The Morgan fingerprint density at radius 2 is 2.03 bits per heavy atom. The molecule has 3 aromatic heterocycles. The number of hydrogen-bond acceptors (Lipinski definition) is 6. The molecule has 3 heterocycles. The van der Waals surface area contributed by atoms with Gasteiger partial charge in [-0.2, -0.15) is 0 Å². The van der Waals surface area contributed by atoms with E-state index >= 15 is 0 Å². The van der Waals surface area contributed by atoms with Gasteiger partial charge in [-0.1, -0.05) is 53.7 Å². The first-order chi connectivity index (χ1) is 14.0. The van der Waals surface area contributed by atoms with E-state index in [0.717, 1.165) is 11.1 Å². The minimum absolute atomic E-state index is 0.218. The molecule has 0 spiro atoms. The number of pyridine rings is 1. The molecule has 0 aliphatic heterocycles. The van der Waals surface area contributed by atoms with E-state index in [4.69, 9.17) is 11.6 Å². The molecule has 0 fully saturated rings. The second-order valence-electron chi connectivity index (χ2n) is 6.18. The quantitative estimate of drug-likeness (QED) is 0.341. The van der Waals surface area contributed by atoms with Crippen LogP contribution >= 0.6 is 34.7 Å². The number of nitrogens with one attached hydrogen (secondary N) is 2. The first kappa shape index (κ1) is 19.6. The number of hydrogen-bond donors (Lipinski definition) is 2. The Hall–Kier alpha value is -2.68. The van der Waals surface area contributed by atoms with Crippen LogP contribution < -0.4 is 10.9 Å². The molecule has 0 aliphatic rings. The number of thiophene rings is 1. The number of benzene rings is 1.